The average molecular weight is 514 g/mol. The molecule has 33 heavy (non-hydrogen) atoms. The molecule has 0 spiro atoms. The summed E-state index contributed by atoms with van der Waals surface area (Å²) in [5, 5.41) is 4.10. The predicted octanol–water partition coefficient (Wildman–Crippen LogP) is 3.71. The van der Waals surface area contributed by atoms with E-state index >= 15 is 0 Å². The summed E-state index contributed by atoms with van der Waals surface area (Å²) in [6.45, 7) is 4.38. The third kappa shape index (κ3) is 4.04. The molecule has 0 amide bonds. The standard InChI is InChI=1S/C23H22BrF2N7/c1-23(27,15-2-4-18(25)5-3-15)16-11-28-22(29-12-16)32-8-6-31(7-9-32)21-19(26)13-30-33-14-17(24)10-20(21)33/h2-5,10-14H,6-9,27H2,1H3. The Morgan fingerprint density at radius 3 is 2.24 bits per heavy atom. The SMILES string of the molecule is CC(N)(c1ccc(F)cc1)c1cnc(N2CCN(c3c(F)cnn4cc(Br)cc34)CC2)nc1. The Morgan fingerprint density at radius 1 is 0.939 bits per heavy atom. The van der Waals surface area contributed by atoms with Crippen molar-refractivity contribution in [2.75, 3.05) is 36.0 Å². The van der Waals surface area contributed by atoms with Crippen molar-refractivity contribution >= 4 is 33.1 Å². The minimum absolute atomic E-state index is 0.308. The minimum atomic E-state index is -0.847. The maximum atomic E-state index is 14.6. The van der Waals surface area contributed by atoms with Crippen LogP contribution in [0.2, 0.25) is 0 Å². The average Bonchev–Trinajstić information content (AvgIpc) is 3.20. The van der Waals surface area contributed by atoms with Gasteiger partial charge >= 0.3 is 0 Å². The smallest absolute Gasteiger partial charge is 0.225 e. The molecule has 0 aliphatic carbocycles. The molecule has 4 heterocycles. The Labute approximate surface area is 198 Å². The number of hydrogen-bond acceptors (Lipinski definition) is 6. The van der Waals surface area contributed by atoms with Crippen LogP contribution in [0.4, 0.5) is 20.4 Å². The van der Waals surface area contributed by atoms with Gasteiger partial charge in [0.25, 0.3) is 0 Å². The molecule has 0 saturated carbocycles. The molecule has 1 aliphatic heterocycles. The molecular weight excluding hydrogens is 492 g/mol. The normalized spacial score (nSPS) is 16.3. The Kier molecular flexibility index (Phi) is 5.49. The van der Waals surface area contributed by atoms with Crippen LogP contribution >= 0.6 is 15.9 Å². The van der Waals surface area contributed by atoms with Crippen molar-refractivity contribution in [2.24, 2.45) is 5.73 Å². The summed E-state index contributed by atoms with van der Waals surface area (Å²) in [6.07, 6.45) is 6.47. The molecule has 1 unspecified atom stereocenters. The first-order valence-electron chi connectivity index (χ1n) is 10.5. The second-order valence-electron chi connectivity index (χ2n) is 8.28. The molecule has 1 aliphatic rings. The zero-order chi connectivity index (χ0) is 23.2. The van der Waals surface area contributed by atoms with Crippen molar-refractivity contribution < 1.29 is 8.78 Å². The molecule has 1 saturated heterocycles. The van der Waals surface area contributed by atoms with Crippen molar-refractivity contribution in [3.05, 3.63) is 82.4 Å². The van der Waals surface area contributed by atoms with Crippen molar-refractivity contribution in [3.63, 3.8) is 0 Å². The molecule has 1 atom stereocenters. The van der Waals surface area contributed by atoms with E-state index in [2.05, 4.69) is 35.9 Å². The lowest BCUT2D eigenvalue weighted by Gasteiger charge is -2.36. The van der Waals surface area contributed by atoms with Crippen LogP contribution in [0.1, 0.15) is 18.1 Å². The van der Waals surface area contributed by atoms with Gasteiger partial charge < -0.3 is 15.5 Å². The predicted molar refractivity (Wildman–Crippen MR) is 126 cm³/mol. The van der Waals surface area contributed by atoms with Gasteiger partial charge in [-0.2, -0.15) is 5.10 Å². The zero-order valence-electron chi connectivity index (χ0n) is 17.9. The number of benzene rings is 1. The maximum Gasteiger partial charge on any atom is 0.225 e. The van der Waals surface area contributed by atoms with Gasteiger partial charge in [-0.3, -0.25) is 0 Å². The molecule has 10 heteroatoms. The summed E-state index contributed by atoms with van der Waals surface area (Å²) in [6, 6.07) is 7.98. The lowest BCUT2D eigenvalue weighted by Crippen LogP contribution is -2.47. The van der Waals surface area contributed by atoms with E-state index in [0.29, 0.717) is 37.8 Å². The number of fused-ring (bicyclic) bond motifs is 1. The van der Waals surface area contributed by atoms with Gasteiger partial charge in [-0.15, -0.1) is 0 Å². The first kappa shape index (κ1) is 21.7. The second-order valence-corrected chi connectivity index (χ2v) is 9.20. The number of piperazine rings is 1. The Bertz CT molecular complexity index is 1280. The Balaban J connectivity index is 1.31. The quantitative estimate of drug-likeness (QED) is 0.448. The summed E-state index contributed by atoms with van der Waals surface area (Å²) in [4.78, 5) is 13.1. The monoisotopic (exact) mass is 513 g/mol. The van der Waals surface area contributed by atoms with E-state index in [9.17, 15) is 8.78 Å². The van der Waals surface area contributed by atoms with Crippen LogP contribution < -0.4 is 15.5 Å². The molecular formula is C23H22BrF2N7. The van der Waals surface area contributed by atoms with Gasteiger partial charge in [0.05, 0.1) is 17.3 Å². The first-order chi connectivity index (χ1) is 15.8. The summed E-state index contributed by atoms with van der Waals surface area (Å²) < 4.78 is 30.4. The van der Waals surface area contributed by atoms with Gasteiger partial charge in [-0.25, -0.2) is 23.3 Å². The number of aromatic nitrogens is 4. The largest absolute Gasteiger partial charge is 0.364 e. The third-order valence-corrected chi connectivity index (χ3v) is 6.53. The van der Waals surface area contributed by atoms with Crippen molar-refractivity contribution in [1.29, 1.82) is 0 Å². The number of rotatable bonds is 4. The van der Waals surface area contributed by atoms with Crippen molar-refractivity contribution in [3.8, 4) is 0 Å². The van der Waals surface area contributed by atoms with Gasteiger partial charge in [-0.1, -0.05) is 12.1 Å². The van der Waals surface area contributed by atoms with E-state index in [4.69, 9.17) is 5.73 Å². The van der Waals surface area contributed by atoms with Gasteiger partial charge in [0, 0.05) is 54.8 Å². The van der Waals surface area contributed by atoms with Crippen LogP contribution in [0, 0.1) is 11.6 Å². The number of nitrogens with zero attached hydrogens (tertiary/aromatic N) is 6. The molecule has 0 bridgehead atoms. The summed E-state index contributed by atoms with van der Waals surface area (Å²) in [5.74, 6) is -0.0541. The van der Waals surface area contributed by atoms with Crippen LogP contribution in [0.5, 0.6) is 0 Å². The highest BCUT2D eigenvalue weighted by atomic mass is 79.9. The second kappa shape index (κ2) is 8.35. The van der Waals surface area contributed by atoms with E-state index in [1.165, 1.54) is 18.3 Å². The fourth-order valence-electron chi connectivity index (χ4n) is 4.15. The Morgan fingerprint density at radius 2 is 1.58 bits per heavy atom. The van der Waals surface area contributed by atoms with Crippen molar-refractivity contribution in [1.82, 2.24) is 19.6 Å². The highest BCUT2D eigenvalue weighted by molar-refractivity contribution is 9.10. The zero-order valence-corrected chi connectivity index (χ0v) is 19.5. The fourth-order valence-corrected chi connectivity index (χ4v) is 4.56. The van der Waals surface area contributed by atoms with Crippen molar-refractivity contribution in [2.45, 2.75) is 12.5 Å². The maximum absolute atomic E-state index is 14.6. The molecule has 3 aromatic heterocycles. The minimum Gasteiger partial charge on any atom is -0.364 e. The molecule has 170 valence electrons. The third-order valence-electron chi connectivity index (χ3n) is 6.09. The highest BCUT2D eigenvalue weighted by Crippen LogP contribution is 2.30. The molecule has 7 nitrogen and oxygen atoms in total. The molecule has 1 aromatic carbocycles. The van der Waals surface area contributed by atoms with E-state index in [1.54, 1.807) is 35.2 Å². The van der Waals surface area contributed by atoms with Gasteiger partial charge in [-0.05, 0) is 46.6 Å². The lowest BCUT2D eigenvalue weighted by atomic mass is 9.87. The topological polar surface area (TPSA) is 75.6 Å². The Hall–Kier alpha value is -3.11. The summed E-state index contributed by atoms with van der Waals surface area (Å²) in [7, 11) is 0. The van der Waals surface area contributed by atoms with E-state index in [-0.39, 0.29) is 11.6 Å². The number of nitrogens with two attached hydrogens (primary N) is 1. The molecule has 0 radical (unpaired) electrons. The molecule has 4 aromatic rings. The first-order valence-corrected chi connectivity index (χ1v) is 11.3. The summed E-state index contributed by atoms with van der Waals surface area (Å²) in [5.41, 5.74) is 8.44. The highest BCUT2D eigenvalue weighted by Gasteiger charge is 2.27. The molecule has 1 fully saturated rings. The van der Waals surface area contributed by atoms with Gasteiger partial charge in [0.2, 0.25) is 5.95 Å². The van der Waals surface area contributed by atoms with E-state index < -0.39 is 5.54 Å². The number of anilines is 2. The molecule has 2 N–H and O–H groups in total. The van der Waals surface area contributed by atoms with Crippen LogP contribution in [0.15, 0.2) is 59.6 Å². The number of hydrogen-bond donors (Lipinski definition) is 1. The van der Waals surface area contributed by atoms with Gasteiger partial charge in [0.15, 0.2) is 5.82 Å². The van der Waals surface area contributed by atoms with Crippen LogP contribution in [0.25, 0.3) is 5.52 Å². The van der Waals surface area contributed by atoms with Gasteiger partial charge in [0.1, 0.15) is 11.5 Å². The fraction of sp³-hybridized carbons (Fsp3) is 0.261. The van der Waals surface area contributed by atoms with Crippen LogP contribution in [-0.4, -0.2) is 45.8 Å². The number of halogens is 3. The lowest BCUT2D eigenvalue weighted by molar-refractivity contribution is 0.580. The van der Waals surface area contributed by atoms with Crippen LogP contribution in [-0.2, 0) is 5.54 Å². The van der Waals surface area contributed by atoms with E-state index in [1.807, 2.05) is 17.9 Å². The van der Waals surface area contributed by atoms with Crippen LogP contribution in [0.3, 0.4) is 0 Å². The summed E-state index contributed by atoms with van der Waals surface area (Å²) >= 11 is 3.43. The molecule has 5 rings (SSSR count). The van der Waals surface area contributed by atoms with E-state index in [0.717, 1.165) is 21.1 Å².